The van der Waals surface area contributed by atoms with Gasteiger partial charge in [0.2, 0.25) is 5.91 Å². The van der Waals surface area contributed by atoms with E-state index in [2.05, 4.69) is 12.1 Å². The molecule has 1 aliphatic heterocycles. The van der Waals surface area contributed by atoms with Crippen LogP contribution in [-0.2, 0) is 11.2 Å². The molecule has 0 atom stereocenters. The molecule has 0 unspecified atom stereocenters. The Morgan fingerprint density at radius 2 is 2.25 bits per heavy atom. The van der Waals surface area contributed by atoms with E-state index in [1.807, 2.05) is 13.1 Å². The lowest BCUT2D eigenvalue weighted by Gasteiger charge is -2.26. The van der Waals surface area contributed by atoms with Crippen molar-refractivity contribution in [2.75, 3.05) is 24.2 Å². The number of aryl methyl sites for hydroxylation is 1. The van der Waals surface area contributed by atoms with Crippen LogP contribution < -0.4 is 10.6 Å². The Hall–Kier alpha value is -1.00. The Labute approximate surface area is 100.0 Å². The number of hydrogen-bond acceptors (Lipinski definition) is 3. The summed E-state index contributed by atoms with van der Waals surface area (Å²) in [4.78, 5) is 14.5. The minimum Gasteiger partial charge on any atom is -0.330 e. The van der Waals surface area contributed by atoms with Crippen molar-refractivity contribution in [3.8, 4) is 0 Å². The van der Waals surface area contributed by atoms with Gasteiger partial charge in [-0.1, -0.05) is 0 Å². The molecular weight excluding hydrogens is 220 g/mol. The van der Waals surface area contributed by atoms with E-state index in [0.717, 1.165) is 17.9 Å². The molecule has 1 heterocycles. The Balaban J connectivity index is 2.23. The van der Waals surface area contributed by atoms with Gasteiger partial charge < -0.3 is 10.6 Å². The average Bonchev–Trinajstić information content (AvgIpc) is 2.31. The SMILES string of the molecule is CN1C(=O)CCc2cc(SCCN)ccc21. The van der Waals surface area contributed by atoms with Crippen LogP contribution in [0.2, 0.25) is 0 Å². The molecule has 0 aromatic heterocycles. The van der Waals surface area contributed by atoms with Gasteiger partial charge in [0.15, 0.2) is 0 Å². The summed E-state index contributed by atoms with van der Waals surface area (Å²) in [5.41, 5.74) is 7.80. The van der Waals surface area contributed by atoms with E-state index in [4.69, 9.17) is 5.73 Å². The molecule has 1 aromatic carbocycles. The highest BCUT2D eigenvalue weighted by Crippen LogP contribution is 2.30. The van der Waals surface area contributed by atoms with Crippen molar-refractivity contribution in [2.45, 2.75) is 17.7 Å². The number of carbonyl (C=O) groups is 1. The van der Waals surface area contributed by atoms with Crippen molar-refractivity contribution in [1.82, 2.24) is 0 Å². The molecular formula is C12H16N2OS. The topological polar surface area (TPSA) is 46.3 Å². The molecule has 0 aliphatic carbocycles. The third-order valence-electron chi connectivity index (χ3n) is 2.78. The van der Waals surface area contributed by atoms with Crippen LogP contribution in [0.1, 0.15) is 12.0 Å². The largest absolute Gasteiger partial charge is 0.330 e. The third kappa shape index (κ3) is 2.23. The van der Waals surface area contributed by atoms with E-state index in [-0.39, 0.29) is 5.91 Å². The fourth-order valence-corrected chi connectivity index (χ4v) is 2.64. The van der Waals surface area contributed by atoms with Crippen molar-refractivity contribution in [1.29, 1.82) is 0 Å². The fourth-order valence-electron chi connectivity index (χ4n) is 1.90. The van der Waals surface area contributed by atoms with Gasteiger partial charge in [-0.3, -0.25) is 4.79 Å². The van der Waals surface area contributed by atoms with Crippen LogP contribution in [0.4, 0.5) is 5.69 Å². The summed E-state index contributed by atoms with van der Waals surface area (Å²) in [6.45, 7) is 0.695. The predicted octanol–water partition coefficient (Wildman–Crippen LogP) is 1.65. The van der Waals surface area contributed by atoms with Crippen molar-refractivity contribution in [3.05, 3.63) is 23.8 Å². The summed E-state index contributed by atoms with van der Waals surface area (Å²) in [5, 5.41) is 0. The molecule has 0 saturated heterocycles. The zero-order chi connectivity index (χ0) is 11.5. The highest BCUT2D eigenvalue weighted by Gasteiger charge is 2.20. The molecule has 16 heavy (non-hydrogen) atoms. The second-order valence-corrected chi connectivity index (χ2v) is 5.05. The first-order valence-corrected chi connectivity index (χ1v) is 6.43. The lowest BCUT2D eigenvalue weighted by Crippen LogP contribution is -2.30. The van der Waals surface area contributed by atoms with Crippen LogP contribution in [0.3, 0.4) is 0 Å². The maximum Gasteiger partial charge on any atom is 0.227 e. The molecule has 0 bridgehead atoms. The van der Waals surface area contributed by atoms with Gasteiger partial charge in [-0.05, 0) is 30.2 Å². The molecule has 2 N–H and O–H groups in total. The van der Waals surface area contributed by atoms with Gasteiger partial charge in [-0.15, -0.1) is 11.8 Å². The number of thioether (sulfide) groups is 1. The highest BCUT2D eigenvalue weighted by atomic mass is 32.2. The predicted molar refractivity (Wildman–Crippen MR) is 68.0 cm³/mol. The smallest absolute Gasteiger partial charge is 0.227 e. The van der Waals surface area contributed by atoms with E-state index in [0.29, 0.717) is 13.0 Å². The number of carbonyl (C=O) groups excluding carboxylic acids is 1. The number of anilines is 1. The summed E-state index contributed by atoms with van der Waals surface area (Å²) in [5.74, 6) is 1.14. The molecule has 2 rings (SSSR count). The van der Waals surface area contributed by atoms with Crippen molar-refractivity contribution < 1.29 is 4.79 Å². The second-order valence-electron chi connectivity index (χ2n) is 3.88. The lowest BCUT2D eigenvalue weighted by atomic mass is 10.0. The number of fused-ring (bicyclic) bond motifs is 1. The van der Waals surface area contributed by atoms with Gasteiger partial charge >= 0.3 is 0 Å². The van der Waals surface area contributed by atoms with E-state index in [1.165, 1.54) is 10.5 Å². The summed E-state index contributed by atoms with van der Waals surface area (Å²) in [7, 11) is 1.84. The van der Waals surface area contributed by atoms with Gasteiger partial charge in [0.1, 0.15) is 0 Å². The van der Waals surface area contributed by atoms with Gasteiger partial charge in [0.05, 0.1) is 0 Å². The minimum absolute atomic E-state index is 0.204. The van der Waals surface area contributed by atoms with Crippen molar-refractivity contribution >= 4 is 23.4 Å². The minimum atomic E-state index is 0.204. The summed E-state index contributed by atoms with van der Waals surface area (Å²) in [6.07, 6.45) is 1.48. The zero-order valence-electron chi connectivity index (χ0n) is 9.40. The zero-order valence-corrected chi connectivity index (χ0v) is 10.2. The molecule has 86 valence electrons. The number of benzene rings is 1. The van der Waals surface area contributed by atoms with Crippen LogP contribution in [0, 0.1) is 0 Å². The maximum atomic E-state index is 11.5. The van der Waals surface area contributed by atoms with E-state index in [9.17, 15) is 4.79 Å². The monoisotopic (exact) mass is 236 g/mol. The Morgan fingerprint density at radius 1 is 1.44 bits per heavy atom. The van der Waals surface area contributed by atoms with Gasteiger partial charge in [0, 0.05) is 36.3 Å². The lowest BCUT2D eigenvalue weighted by molar-refractivity contribution is -0.118. The number of amides is 1. The number of hydrogen-bond donors (Lipinski definition) is 1. The normalized spacial score (nSPS) is 15.1. The average molecular weight is 236 g/mol. The highest BCUT2D eigenvalue weighted by molar-refractivity contribution is 7.99. The maximum absolute atomic E-state index is 11.5. The summed E-state index contributed by atoms with van der Waals surface area (Å²) in [6, 6.07) is 6.28. The Bertz CT molecular complexity index is 406. The van der Waals surface area contributed by atoms with Gasteiger partial charge in [-0.25, -0.2) is 0 Å². The first-order valence-electron chi connectivity index (χ1n) is 5.44. The van der Waals surface area contributed by atoms with Crippen LogP contribution in [0.5, 0.6) is 0 Å². The second kappa shape index (κ2) is 4.89. The first kappa shape index (κ1) is 11.5. The molecule has 3 nitrogen and oxygen atoms in total. The number of nitrogens with zero attached hydrogens (tertiary/aromatic N) is 1. The van der Waals surface area contributed by atoms with E-state index < -0.39 is 0 Å². The molecule has 1 aromatic rings. The molecule has 1 aliphatic rings. The fraction of sp³-hybridized carbons (Fsp3) is 0.417. The van der Waals surface area contributed by atoms with Gasteiger partial charge in [-0.2, -0.15) is 0 Å². The summed E-state index contributed by atoms with van der Waals surface area (Å²) >= 11 is 1.77. The summed E-state index contributed by atoms with van der Waals surface area (Å²) < 4.78 is 0. The van der Waals surface area contributed by atoms with Crippen molar-refractivity contribution in [3.63, 3.8) is 0 Å². The third-order valence-corrected chi connectivity index (χ3v) is 3.81. The van der Waals surface area contributed by atoms with E-state index >= 15 is 0 Å². The molecule has 1 amide bonds. The van der Waals surface area contributed by atoms with Gasteiger partial charge in [0.25, 0.3) is 0 Å². The molecule has 0 spiro atoms. The van der Waals surface area contributed by atoms with Crippen LogP contribution >= 0.6 is 11.8 Å². The van der Waals surface area contributed by atoms with Crippen LogP contribution in [0.15, 0.2) is 23.1 Å². The first-order chi connectivity index (χ1) is 7.72. The van der Waals surface area contributed by atoms with E-state index in [1.54, 1.807) is 16.7 Å². The standard InChI is InChI=1S/C12H16N2OS/c1-14-11-4-3-10(16-7-6-13)8-9(11)2-5-12(14)15/h3-4,8H,2,5-7,13H2,1H3. The van der Waals surface area contributed by atoms with Crippen LogP contribution in [0.25, 0.3) is 0 Å². The Kier molecular flexibility index (Phi) is 3.51. The molecule has 0 fully saturated rings. The number of nitrogens with two attached hydrogens (primary N) is 1. The quantitative estimate of drug-likeness (QED) is 0.812. The molecule has 0 saturated carbocycles. The van der Waals surface area contributed by atoms with Crippen LogP contribution in [-0.4, -0.2) is 25.3 Å². The van der Waals surface area contributed by atoms with Crippen molar-refractivity contribution in [2.24, 2.45) is 5.73 Å². The molecule has 4 heteroatoms. The molecule has 0 radical (unpaired) electrons. The Morgan fingerprint density at radius 3 is 3.00 bits per heavy atom. The number of rotatable bonds is 3.